The van der Waals surface area contributed by atoms with Crippen LogP contribution in [0.15, 0.2) is 52.8 Å². The Kier molecular flexibility index (Phi) is 3.77. The highest BCUT2D eigenvalue weighted by molar-refractivity contribution is 6.26. The number of hydrogen-bond acceptors (Lipinski definition) is 5. The first-order chi connectivity index (χ1) is 13.8. The van der Waals surface area contributed by atoms with Crippen LogP contribution in [0.5, 0.6) is 0 Å². The summed E-state index contributed by atoms with van der Waals surface area (Å²) in [5, 5.41) is 8.81. The quantitative estimate of drug-likeness (QED) is 0.723. The third kappa shape index (κ3) is 2.72. The Balaban J connectivity index is 1.49. The number of carbonyl (C=O) groups excluding carboxylic acids is 2. The summed E-state index contributed by atoms with van der Waals surface area (Å²) >= 11 is 0. The van der Waals surface area contributed by atoms with E-state index < -0.39 is 35.6 Å². The lowest BCUT2D eigenvalue weighted by Gasteiger charge is -2.21. The summed E-state index contributed by atoms with van der Waals surface area (Å²) in [4.78, 5) is 27.0. The van der Waals surface area contributed by atoms with Gasteiger partial charge in [0.15, 0.2) is 12.1 Å². The van der Waals surface area contributed by atoms with Crippen LogP contribution in [-0.2, 0) is 28.6 Å². The van der Waals surface area contributed by atoms with Crippen LogP contribution in [-0.4, -0.2) is 23.9 Å². The van der Waals surface area contributed by atoms with E-state index in [9.17, 15) is 22.8 Å². The minimum Gasteiger partial charge on any atom is -0.271 e. The van der Waals surface area contributed by atoms with Crippen molar-refractivity contribution in [3.8, 4) is 0 Å². The fourth-order valence-electron chi connectivity index (χ4n) is 4.15. The van der Waals surface area contributed by atoms with E-state index in [-0.39, 0.29) is 5.69 Å². The second kappa shape index (κ2) is 6.13. The molecule has 2 atom stereocenters. The van der Waals surface area contributed by atoms with Crippen molar-refractivity contribution >= 4 is 23.2 Å². The van der Waals surface area contributed by atoms with Gasteiger partial charge in [0.2, 0.25) is 0 Å². The second-order valence-corrected chi connectivity index (χ2v) is 7.31. The van der Waals surface area contributed by atoms with Crippen LogP contribution in [0.25, 0.3) is 0 Å². The number of fused-ring (bicyclic) bond motifs is 2. The smallest absolute Gasteiger partial charge is 0.271 e. The molecule has 29 heavy (non-hydrogen) atoms. The Morgan fingerprint density at radius 3 is 2.52 bits per heavy atom. The Morgan fingerprint density at radius 2 is 1.72 bits per heavy atom. The van der Waals surface area contributed by atoms with Crippen molar-refractivity contribution in [3.05, 3.63) is 59.2 Å². The van der Waals surface area contributed by atoms with E-state index in [0.717, 1.165) is 46.9 Å². The molecule has 6 nitrogen and oxygen atoms in total. The number of amides is 2. The minimum absolute atomic E-state index is 0.0630. The van der Waals surface area contributed by atoms with Crippen molar-refractivity contribution in [1.82, 2.24) is 0 Å². The monoisotopic (exact) mass is 400 g/mol. The van der Waals surface area contributed by atoms with Gasteiger partial charge in [-0.3, -0.25) is 9.59 Å². The molecular formula is C20H15F3N4O2. The maximum Gasteiger partial charge on any atom is 0.416 e. The van der Waals surface area contributed by atoms with E-state index in [1.54, 1.807) is 6.07 Å². The second-order valence-electron chi connectivity index (χ2n) is 7.31. The number of carbonyl (C=O) groups is 2. The zero-order chi connectivity index (χ0) is 20.3. The third-order valence-corrected chi connectivity index (χ3v) is 5.56. The number of imide groups is 1. The molecule has 1 saturated heterocycles. The van der Waals surface area contributed by atoms with E-state index in [4.69, 9.17) is 0 Å². The minimum atomic E-state index is -4.53. The van der Waals surface area contributed by atoms with Crippen molar-refractivity contribution in [1.29, 1.82) is 0 Å². The average molecular weight is 400 g/mol. The summed E-state index contributed by atoms with van der Waals surface area (Å²) < 4.78 is 39.2. The molecule has 0 radical (unpaired) electrons. The number of halogens is 3. The maximum atomic E-state index is 13.1. The fraction of sp³-hybridized carbons (Fsp3) is 0.300. The molecule has 0 bridgehead atoms. The summed E-state index contributed by atoms with van der Waals surface area (Å²) in [5.41, 5.74) is 1.98. The van der Waals surface area contributed by atoms with Crippen molar-refractivity contribution in [2.45, 2.75) is 37.5 Å². The highest BCUT2D eigenvalue weighted by Crippen LogP contribution is 2.38. The number of rotatable bonds is 2. The molecule has 2 amide bonds. The zero-order valence-corrected chi connectivity index (χ0v) is 15.1. The molecule has 0 unspecified atom stereocenters. The molecule has 5 rings (SSSR count). The van der Waals surface area contributed by atoms with Crippen LogP contribution in [0, 0.1) is 0 Å². The standard InChI is InChI=1S/C20H15F3N4O2/c21-20(22,23)13-5-2-6-15(10-13)27-17-16(24-25-27)18(28)26(19(17)29)14-8-7-11-3-1-4-12(11)9-14/h2,5-10,16-17H,1,3-4H2/t16-,17-/m0/s1. The number of nitrogens with zero attached hydrogens (tertiary/aromatic N) is 4. The lowest BCUT2D eigenvalue weighted by Crippen LogP contribution is -2.40. The van der Waals surface area contributed by atoms with Crippen LogP contribution >= 0.6 is 0 Å². The van der Waals surface area contributed by atoms with Gasteiger partial charge < -0.3 is 0 Å². The lowest BCUT2D eigenvalue weighted by atomic mass is 10.1. The van der Waals surface area contributed by atoms with Crippen LogP contribution in [0.4, 0.5) is 24.5 Å². The molecule has 2 aromatic rings. The zero-order valence-electron chi connectivity index (χ0n) is 15.1. The van der Waals surface area contributed by atoms with Gasteiger partial charge in [0.1, 0.15) is 0 Å². The van der Waals surface area contributed by atoms with E-state index in [2.05, 4.69) is 10.3 Å². The Labute approximate surface area is 163 Å². The Morgan fingerprint density at radius 1 is 0.931 bits per heavy atom. The number of alkyl halides is 3. The van der Waals surface area contributed by atoms with Crippen LogP contribution in [0.2, 0.25) is 0 Å². The number of anilines is 2. The van der Waals surface area contributed by atoms with E-state index in [1.807, 2.05) is 12.1 Å². The van der Waals surface area contributed by atoms with Crippen LogP contribution < -0.4 is 9.91 Å². The molecule has 148 valence electrons. The summed E-state index contributed by atoms with van der Waals surface area (Å²) in [6.07, 6.45) is -1.63. The van der Waals surface area contributed by atoms with Crippen molar-refractivity contribution in [3.63, 3.8) is 0 Å². The molecular weight excluding hydrogens is 385 g/mol. The van der Waals surface area contributed by atoms with Gasteiger partial charge in [-0.2, -0.15) is 18.3 Å². The predicted molar refractivity (Wildman–Crippen MR) is 97.3 cm³/mol. The first kappa shape index (κ1) is 17.8. The molecule has 0 N–H and O–H groups in total. The summed E-state index contributed by atoms with van der Waals surface area (Å²) in [7, 11) is 0. The van der Waals surface area contributed by atoms with Gasteiger partial charge in [0.25, 0.3) is 11.8 Å². The third-order valence-electron chi connectivity index (χ3n) is 5.56. The lowest BCUT2D eigenvalue weighted by molar-refractivity contribution is -0.137. The maximum absolute atomic E-state index is 13.1. The van der Waals surface area contributed by atoms with Gasteiger partial charge in [0, 0.05) is 0 Å². The molecule has 9 heteroatoms. The SMILES string of the molecule is O=C1[C@H]2N=NN(c3cccc(C(F)(F)F)c3)[C@@H]2C(=O)N1c1ccc2c(c1)CCC2. The van der Waals surface area contributed by atoms with Gasteiger partial charge in [-0.05, 0) is 60.7 Å². The molecule has 0 saturated carbocycles. The summed E-state index contributed by atoms with van der Waals surface area (Å²) in [6.45, 7) is 0. The molecule has 1 fully saturated rings. The highest BCUT2D eigenvalue weighted by atomic mass is 19.4. The molecule has 2 aliphatic heterocycles. The van der Waals surface area contributed by atoms with Gasteiger partial charge in [-0.1, -0.05) is 17.4 Å². The molecule has 0 spiro atoms. The van der Waals surface area contributed by atoms with Gasteiger partial charge >= 0.3 is 6.18 Å². The average Bonchev–Trinajstić information content (AvgIpc) is 3.38. The van der Waals surface area contributed by atoms with Crippen molar-refractivity contribution in [2.24, 2.45) is 10.3 Å². The van der Waals surface area contributed by atoms with Gasteiger partial charge in [0.05, 0.1) is 16.9 Å². The van der Waals surface area contributed by atoms with Crippen LogP contribution in [0.3, 0.4) is 0 Å². The molecule has 0 aromatic heterocycles. The predicted octanol–water partition coefficient (Wildman–Crippen LogP) is 3.69. The first-order valence-corrected chi connectivity index (χ1v) is 9.21. The first-order valence-electron chi connectivity index (χ1n) is 9.21. The number of benzene rings is 2. The summed E-state index contributed by atoms with van der Waals surface area (Å²) in [5.74, 6) is -1.06. The summed E-state index contributed by atoms with van der Waals surface area (Å²) in [6, 6.07) is 7.82. The normalized spacial score (nSPS) is 23.1. The number of hydrogen-bond donors (Lipinski definition) is 0. The van der Waals surface area contributed by atoms with Crippen molar-refractivity contribution < 1.29 is 22.8 Å². The van der Waals surface area contributed by atoms with E-state index in [1.165, 1.54) is 17.7 Å². The Hall–Kier alpha value is -3.23. The van der Waals surface area contributed by atoms with E-state index in [0.29, 0.717) is 5.69 Å². The Bertz CT molecular complexity index is 1070. The largest absolute Gasteiger partial charge is 0.416 e. The van der Waals surface area contributed by atoms with Crippen LogP contribution in [0.1, 0.15) is 23.1 Å². The van der Waals surface area contributed by atoms with Gasteiger partial charge in [-0.25, -0.2) is 9.91 Å². The van der Waals surface area contributed by atoms with Gasteiger partial charge in [-0.15, -0.1) is 0 Å². The molecule has 1 aliphatic carbocycles. The van der Waals surface area contributed by atoms with Crippen molar-refractivity contribution in [2.75, 3.05) is 9.91 Å². The molecule has 2 aromatic carbocycles. The van der Waals surface area contributed by atoms with E-state index >= 15 is 0 Å². The fourth-order valence-corrected chi connectivity index (χ4v) is 4.15. The number of aryl methyl sites for hydroxylation is 2. The molecule has 2 heterocycles. The topological polar surface area (TPSA) is 65.3 Å². The highest BCUT2D eigenvalue weighted by Gasteiger charge is 2.55. The molecule has 3 aliphatic rings.